The van der Waals surface area contributed by atoms with E-state index in [0.717, 1.165) is 27.1 Å². The summed E-state index contributed by atoms with van der Waals surface area (Å²) in [7, 11) is 0. The van der Waals surface area contributed by atoms with Gasteiger partial charge in [-0.1, -0.05) is 60.2 Å². The number of benzene rings is 2. The Morgan fingerprint density at radius 2 is 1.70 bits per heavy atom. The molecule has 6 heteroatoms. The standard InChI is InChI=1S/C24H23N3O2S/c1-15-9-11-19(12-10-15)22(18-7-5-4-6-8-18)26-20(28)13-27-14-25-23-21(24(27)29)16(2)17(3)30-23/h4-12,14,22H,13H2,1-3H3,(H,26,28). The SMILES string of the molecule is Cc1ccc(C(NC(=O)Cn2cnc3sc(C)c(C)c3c2=O)c2ccccc2)cc1. The van der Waals surface area contributed by atoms with Gasteiger partial charge < -0.3 is 5.32 Å². The van der Waals surface area contributed by atoms with Gasteiger partial charge in [-0.3, -0.25) is 14.2 Å². The number of fused-ring (bicyclic) bond motifs is 1. The molecule has 2 aromatic heterocycles. The second kappa shape index (κ2) is 8.24. The number of hydrogen-bond donors (Lipinski definition) is 1. The fourth-order valence-corrected chi connectivity index (χ4v) is 4.49. The number of nitrogens with one attached hydrogen (secondary N) is 1. The molecule has 0 saturated carbocycles. The van der Waals surface area contributed by atoms with Crippen LogP contribution in [0.3, 0.4) is 0 Å². The van der Waals surface area contributed by atoms with Gasteiger partial charge in [-0.2, -0.15) is 0 Å². The predicted octanol–water partition coefficient (Wildman–Crippen LogP) is 4.29. The van der Waals surface area contributed by atoms with Crippen LogP contribution in [0.2, 0.25) is 0 Å². The molecule has 2 heterocycles. The fraction of sp³-hybridized carbons (Fsp3) is 0.208. The molecule has 1 atom stereocenters. The molecule has 2 aromatic carbocycles. The smallest absolute Gasteiger partial charge is 0.262 e. The Labute approximate surface area is 179 Å². The first-order chi connectivity index (χ1) is 14.4. The van der Waals surface area contributed by atoms with Gasteiger partial charge in [0.1, 0.15) is 11.4 Å². The van der Waals surface area contributed by atoms with Crippen molar-refractivity contribution < 1.29 is 4.79 Å². The molecule has 0 aliphatic rings. The lowest BCUT2D eigenvalue weighted by molar-refractivity contribution is -0.122. The van der Waals surface area contributed by atoms with Gasteiger partial charge in [-0.15, -0.1) is 11.3 Å². The van der Waals surface area contributed by atoms with Crippen LogP contribution in [0.15, 0.2) is 65.7 Å². The summed E-state index contributed by atoms with van der Waals surface area (Å²) in [6.07, 6.45) is 1.46. The van der Waals surface area contributed by atoms with Gasteiger partial charge >= 0.3 is 0 Å². The Balaban J connectivity index is 1.63. The van der Waals surface area contributed by atoms with E-state index in [1.165, 1.54) is 22.2 Å². The van der Waals surface area contributed by atoms with Crippen molar-refractivity contribution in [3.05, 3.63) is 98.4 Å². The van der Waals surface area contributed by atoms with E-state index in [4.69, 9.17) is 0 Å². The molecular formula is C24H23N3O2S. The zero-order valence-electron chi connectivity index (χ0n) is 17.2. The first-order valence-corrected chi connectivity index (χ1v) is 10.6. The topological polar surface area (TPSA) is 64.0 Å². The summed E-state index contributed by atoms with van der Waals surface area (Å²) in [4.78, 5) is 32.0. The van der Waals surface area contributed by atoms with Crippen LogP contribution in [-0.2, 0) is 11.3 Å². The van der Waals surface area contributed by atoms with Gasteiger partial charge in [0.25, 0.3) is 5.56 Å². The van der Waals surface area contributed by atoms with Crippen LogP contribution in [0, 0.1) is 20.8 Å². The maximum Gasteiger partial charge on any atom is 0.262 e. The minimum absolute atomic E-state index is 0.0781. The van der Waals surface area contributed by atoms with Gasteiger partial charge in [0.05, 0.1) is 17.8 Å². The average molecular weight is 418 g/mol. The molecule has 1 unspecified atom stereocenters. The molecule has 4 aromatic rings. The molecule has 0 aliphatic heterocycles. The summed E-state index contributed by atoms with van der Waals surface area (Å²) in [5.74, 6) is -0.239. The van der Waals surface area contributed by atoms with Crippen LogP contribution in [0.5, 0.6) is 0 Å². The lowest BCUT2D eigenvalue weighted by atomic mass is 9.98. The number of hydrogen-bond acceptors (Lipinski definition) is 4. The number of rotatable bonds is 5. The number of carbonyl (C=O) groups is 1. The van der Waals surface area contributed by atoms with Gasteiger partial charge in [0.15, 0.2) is 0 Å². The number of carbonyl (C=O) groups excluding carboxylic acids is 1. The minimum Gasteiger partial charge on any atom is -0.344 e. The normalized spacial score (nSPS) is 12.1. The molecule has 0 fully saturated rings. The van der Waals surface area contributed by atoms with Crippen LogP contribution >= 0.6 is 11.3 Å². The third kappa shape index (κ3) is 3.91. The zero-order valence-corrected chi connectivity index (χ0v) is 18.0. The molecule has 0 radical (unpaired) electrons. The van der Waals surface area contributed by atoms with Crippen LogP contribution in [0.1, 0.15) is 33.2 Å². The number of aryl methyl sites for hydroxylation is 3. The van der Waals surface area contributed by atoms with Gasteiger partial charge in [-0.25, -0.2) is 4.98 Å². The zero-order chi connectivity index (χ0) is 21.3. The van der Waals surface area contributed by atoms with Gasteiger partial charge in [0.2, 0.25) is 5.91 Å². The monoisotopic (exact) mass is 417 g/mol. The molecule has 0 aliphatic carbocycles. The summed E-state index contributed by atoms with van der Waals surface area (Å²) in [5, 5.41) is 3.69. The minimum atomic E-state index is -0.295. The van der Waals surface area contributed by atoms with Crippen molar-refractivity contribution in [2.75, 3.05) is 0 Å². The van der Waals surface area contributed by atoms with E-state index in [-0.39, 0.29) is 24.1 Å². The number of thiophene rings is 1. The van der Waals surface area contributed by atoms with Gasteiger partial charge in [-0.05, 0) is 37.5 Å². The Morgan fingerprint density at radius 1 is 1.03 bits per heavy atom. The first-order valence-electron chi connectivity index (χ1n) is 9.80. The molecule has 0 spiro atoms. The highest BCUT2D eigenvalue weighted by Crippen LogP contribution is 2.25. The molecule has 5 nitrogen and oxygen atoms in total. The van der Waals surface area contributed by atoms with E-state index in [9.17, 15) is 9.59 Å². The van der Waals surface area contributed by atoms with Gasteiger partial charge in [0, 0.05) is 4.88 Å². The van der Waals surface area contributed by atoms with E-state index in [0.29, 0.717) is 10.2 Å². The number of amides is 1. The van der Waals surface area contributed by atoms with Crippen LogP contribution in [0.4, 0.5) is 0 Å². The summed E-state index contributed by atoms with van der Waals surface area (Å²) in [6.45, 7) is 5.85. The number of aromatic nitrogens is 2. The Kier molecular flexibility index (Phi) is 5.50. The lowest BCUT2D eigenvalue weighted by Gasteiger charge is -2.20. The molecule has 1 N–H and O–H groups in total. The van der Waals surface area contributed by atoms with Crippen LogP contribution in [0.25, 0.3) is 10.2 Å². The maximum absolute atomic E-state index is 12.9. The van der Waals surface area contributed by atoms with Crippen LogP contribution < -0.4 is 10.9 Å². The molecule has 1 amide bonds. The second-order valence-electron chi connectivity index (χ2n) is 7.46. The second-order valence-corrected chi connectivity index (χ2v) is 8.67. The van der Waals surface area contributed by atoms with Crippen molar-refractivity contribution >= 4 is 27.5 Å². The molecule has 4 rings (SSSR count). The summed E-state index contributed by atoms with van der Waals surface area (Å²) in [5.41, 5.74) is 3.89. The van der Waals surface area contributed by atoms with E-state index < -0.39 is 0 Å². The van der Waals surface area contributed by atoms with Crippen molar-refractivity contribution in [2.24, 2.45) is 0 Å². The fourth-order valence-electron chi connectivity index (χ4n) is 3.51. The average Bonchev–Trinajstić information content (AvgIpc) is 3.04. The van der Waals surface area contributed by atoms with Crippen molar-refractivity contribution in [1.82, 2.24) is 14.9 Å². The maximum atomic E-state index is 12.9. The van der Waals surface area contributed by atoms with E-state index in [1.54, 1.807) is 0 Å². The predicted molar refractivity (Wildman–Crippen MR) is 121 cm³/mol. The van der Waals surface area contributed by atoms with Crippen LogP contribution in [-0.4, -0.2) is 15.5 Å². The summed E-state index contributed by atoms with van der Waals surface area (Å²) < 4.78 is 1.38. The quantitative estimate of drug-likeness (QED) is 0.527. The highest BCUT2D eigenvalue weighted by atomic mass is 32.1. The Hall–Kier alpha value is -3.25. The Morgan fingerprint density at radius 3 is 2.40 bits per heavy atom. The van der Waals surface area contributed by atoms with Crippen molar-refractivity contribution in [1.29, 1.82) is 0 Å². The highest BCUT2D eigenvalue weighted by Gasteiger charge is 2.18. The molecule has 0 saturated heterocycles. The molecular weight excluding hydrogens is 394 g/mol. The highest BCUT2D eigenvalue weighted by molar-refractivity contribution is 7.18. The largest absolute Gasteiger partial charge is 0.344 e. The third-order valence-corrected chi connectivity index (χ3v) is 6.43. The summed E-state index contributed by atoms with van der Waals surface area (Å²) in [6, 6.07) is 17.6. The first kappa shape index (κ1) is 20.0. The molecule has 30 heavy (non-hydrogen) atoms. The molecule has 152 valence electrons. The van der Waals surface area contributed by atoms with Crippen molar-refractivity contribution in [3.8, 4) is 0 Å². The summed E-state index contributed by atoms with van der Waals surface area (Å²) >= 11 is 1.50. The van der Waals surface area contributed by atoms with E-state index in [1.807, 2.05) is 75.4 Å². The third-order valence-electron chi connectivity index (χ3n) is 5.32. The Bertz CT molecular complexity index is 1260. The molecule has 0 bridgehead atoms. The van der Waals surface area contributed by atoms with Crippen molar-refractivity contribution in [3.63, 3.8) is 0 Å². The lowest BCUT2D eigenvalue weighted by Crippen LogP contribution is -2.35. The van der Waals surface area contributed by atoms with Crippen molar-refractivity contribution in [2.45, 2.75) is 33.4 Å². The van der Waals surface area contributed by atoms with E-state index in [2.05, 4.69) is 10.3 Å². The number of nitrogens with zero attached hydrogens (tertiary/aromatic N) is 2. The van der Waals surface area contributed by atoms with E-state index >= 15 is 0 Å².